The van der Waals surface area contributed by atoms with E-state index < -0.39 is 0 Å². The Morgan fingerprint density at radius 3 is 2.93 bits per heavy atom. The van der Waals surface area contributed by atoms with Gasteiger partial charge in [0.05, 0.1) is 28.0 Å². The Morgan fingerprint density at radius 2 is 2.07 bits per heavy atom. The highest BCUT2D eigenvalue weighted by Crippen LogP contribution is 2.28. The maximum Gasteiger partial charge on any atom is 0.173 e. The zero-order valence-electron chi connectivity index (χ0n) is 17.3. The molecule has 3 heterocycles. The minimum atomic E-state index is 0.467. The first-order valence-corrected chi connectivity index (χ1v) is 11.3. The van der Waals surface area contributed by atoms with Crippen LogP contribution >= 0.6 is 15.9 Å². The summed E-state index contributed by atoms with van der Waals surface area (Å²) in [5.74, 6) is 2.47. The van der Waals surface area contributed by atoms with E-state index in [4.69, 9.17) is 4.98 Å². The molecule has 1 saturated carbocycles. The number of nitrogens with zero attached hydrogens (tertiary/aromatic N) is 5. The zero-order valence-corrected chi connectivity index (χ0v) is 18.9. The molecular formula is C22H26BrN7. The van der Waals surface area contributed by atoms with Gasteiger partial charge in [-0.2, -0.15) is 9.61 Å². The Balaban J connectivity index is 1.41. The summed E-state index contributed by atoms with van der Waals surface area (Å²) in [6.45, 7) is 3.01. The Morgan fingerprint density at radius 1 is 1.20 bits per heavy atom. The number of anilines is 2. The fourth-order valence-corrected chi connectivity index (χ4v) is 4.69. The SMILES string of the molecule is C[C@@H]1CCCC[C@@H]1Nc1cc(NCc2ccc3c(c2)ncn3C)n2ncc(Br)c2n1. The molecular weight excluding hydrogens is 442 g/mol. The Hall–Kier alpha value is -2.61. The molecule has 0 amide bonds. The van der Waals surface area contributed by atoms with Crippen LogP contribution in [0.3, 0.4) is 0 Å². The van der Waals surface area contributed by atoms with Gasteiger partial charge in [0, 0.05) is 25.7 Å². The molecule has 0 spiro atoms. The standard InChI is InChI=1S/C22H26BrN7/c1-14-5-3-4-6-17(14)27-20-10-21(30-22(28-20)16(23)12-26-30)24-11-15-7-8-19-18(9-15)25-13-29(19)2/h7-10,12-14,17,24H,3-6,11H2,1-2H3,(H,27,28)/t14-,17+/m1/s1. The fraction of sp³-hybridized carbons (Fsp3) is 0.409. The van der Waals surface area contributed by atoms with Crippen molar-refractivity contribution in [2.45, 2.75) is 45.2 Å². The summed E-state index contributed by atoms with van der Waals surface area (Å²) in [6, 6.07) is 8.91. The summed E-state index contributed by atoms with van der Waals surface area (Å²) < 4.78 is 4.77. The van der Waals surface area contributed by atoms with Crippen molar-refractivity contribution in [1.82, 2.24) is 24.1 Å². The maximum atomic E-state index is 4.81. The number of rotatable bonds is 5. The number of imidazole rings is 1. The molecule has 0 saturated heterocycles. The van der Waals surface area contributed by atoms with Crippen molar-refractivity contribution in [3.8, 4) is 0 Å². The van der Waals surface area contributed by atoms with Crippen LogP contribution in [0.15, 0.2) is 41.3 Å². The van der Waals surface area contributed by atoms with E-state index in [1.54, 1.807) is 6.20 Å². The number of aromatic nitrogens is 5. The summed E-state index contributed by atoms with van der Waals surface area (Å²) in [7, 11) is 2.01. The first kappa shape index (κ1) is 19.4. The molecule has 0 aliphatic heterocycles. The number of nitrogens with one attached hydrogen (secondary N) is 2. The molecule has 1 fully saturated rings. The molecule has 0 bridgehead atoms. The van der Waals surface area contributed by atoms with Gasteiger partial charge in [-0.3, -0.25) is 0 Å². The third kappa shape index (κ3) is 3.64. The molecule has 0 radical (unpaired) electrons. The van der Waals surface area contributed by atoms with Gasteiger partial charge >= 0.3 is 0 Å². The second kappa shape index (κ2) is 7.91. The van der Waals surface area contributed by atoms with Gasteiger partial charge in [0.1, 0.15) is 11.6 Å². The van der Waals surface area contributed by atoms with E-state index in [0.717, 1.165) is 32.8 Å². The number of benzene rings is 1. The minimum Gasteiger partial charge on any atom is -0.367 e. The molecule has 1 aromatic carbocycles. The molecule has 2 N–H and O–H groups in total. The number of aryl methyl sites for hydroxylation is 1. The van der Waals surface area contributed by atoms with E-state index in [1.807, 2.05) is 22.5 Å². The maximum absolute atomic E-state index is 4.81. The van der Waals surface area contributed by atoms with Crippen molar-refractivity contribution < 1.29 is 0 Å². The number of fused-ring (bicyclic) bond motifs is 2. The highest BCUT2D eigenvalue weighted by molar-refractivity contribution is 9.10. The van der Waals surface area contributed by atoms with Gasteiger partial charge < -0.3 is 15.2 Å². The van der Waals surface area contributed by atoms with Gasteiger partial charge in [0.15, 0.2) is 5.65 Å². The van der Waals surface area contributed by atoms with Crippen LogP contribution < -0.4 is 10.6 Å². The lowest BCUT2D eigenvalue weighted by Crippen LogP contribution is -2.30. The van der Waals surface area contributed by atoms with E-state index in [9.17, 15) is 0 Å². The van der Waals surface area contributed by atoms with Gasteiger partial charge in [0.25, 0.3) is 0 Å². The largest absolute Gasteiger partial charge is 0.367 e. The van der Waals surface area contributed by atoms with Gasteiger partial charge in [0.2, 0.25) is 0 Å². The highest BCUT2D eigenvalue weighted by atomic mass is 79.9. The number of halogens is 1. The van der Waals surface area contributed by atoms with Crippen LogP contribution in [0.5, 0.6) is 0 Å². The quantitative estimate of drug-likeness (QED) is 0.432. The van der Waals surface area contributed by atoms with Crippen LogP contribution in [-0.4, -0.2) is 30.2 Å². The molecule has 2 atom stereocenters. The fourth-order valence-electron chi connectivity index (χ4n) is 4.34. The summed E-state index contributed by atoms with van der Waals surface area (Å²) in [6.07, 6.45) is 8.72. The van der Waals surface area contributed by atoms with Crippen molar-refractivity contribution in [2.75, 3.05) is 10.6 Å². The van der Waals surface area contributed by atoms with Crippen molar-refractivity contribution in [3.05, 3.63) is 46.8 Å². The normalized spacial score (nSPS) is 19.4. The Kier molecular flexibility index (Phi) is 5.10. The van der Waals surface area contributed by atoms with Gasteiger partial charge in [-0.05, 0) is 52.4 Å². The van der Waals surface area contributed by atoms with Crippen LogP contribution in [-0.2, 0) is 13.6 Å². The average Bonchev–Trinajstić information content (AvgIpc) is 3.31. The molecule has 3 aromatic heterocycles. The van der Waals surface area contributed by atoms with Crippen molar-refractivity contribution in [2.24, 2.45) is 13.0 Å². The van der Waals surface area contributed by atoms with Crippen molar-refractivity contribution >= 4 is 44.2 Å². The highest BCUT2D eigenvalue weighted by Gasteiger charge is 2.22. The lowest BCUT2D eigenvalue weighted by atomic mass is 9.86. The summed E-state index contributed by atoms with van der Waals surface area (Å²) in [4.78, 5) is 9.28. The Bertz CT molecular complexity index is 1200. The monoisotopic (exact) mass is 467 g/mol. The molecule has 8 heteroatoms. The van der Waals surface area contributed by atoms with E-state index >= 15 is 0 Å². The summed E-state index contributed by atoms with van der Waals surface area (Å²) >= 11 is 3.59. The van der Waals surface area contributed by atoms with Gasteiger partial charge in [-0.15, -0.1) is 0 Å². The third-order valence-corrected chi connectivity index (χ3v) is 6.70. The van der Waals surface area contributed by atoms with Crippen LogP contribution in [0.4, 0.5) is 11.6 Å². The van der Waals surface area contributed by atoms with E-state index in [2.05, 4.69) is 67.8 Å². The predicted octanol–water partition coefficient (Wildman–Crippen LogP) is 4.98. The van der Waals surface area contributed by atoms with Gasteiger partial charge in [-0.25, -0.2) is 9.97 Å². The molecule has 1 aliphatic rings. The molecule has 0 unspecified atom stereocenters. The van der Waals surface area contributed by atoms with Crippen LogP contribution in [0.1, 0.15) is 38.2 Å². The first-order valence-electron chi connectivity index (χ1n) is 10.5. The molecule has 7 nitrogen and oxygen atoms in total. The molecule has 4 aromatic rings. The molecule has 156 valence electrons. The zero-order chi connectivity index (χ0) is 20.7. The third-order valence-electron chi connectivity index (χ3n) is 6.14. The first-order chi connectivity index (χ1) is 14.6. The predicted molar refractivity (Wildman–Crippen MR) is 124 cm³/mol. The van der Waals surface area contributed by atoms with E-state index in [-0.39, 0.29) is 0 Å². The lowest BCUT2D eigenvalue weighted by molar-refractivity contribution is 0.349. The Labute approximate surface area is 184 Å². The minimum absolute atomic E-state index is 0.467. The second-order valence-corrected chi connectivity index (χ2v) is 9.15. The smallest absolute Gasteiger partial charge is 0.173 e. The van der Waals surface area contributed by atoms with Crippen LogP contribution in [0, 0.1) is 5.92 Å². The van der Waals surface area contributed by atoms with Crippen molar-refractivity contribution in [1.29, 1.82) is 0 Å². The van der Waals surface area contributed by atoms with Gasteiger partial charge in [-0.1, -0.05) is 25.8 Å². The number of hydrogen-bond donors (Lipinski definition) is 2. The topological polar surface area (TPSA) is 72.1 Å². The lowest BCUT2D eigenvalue weighted by Gasteiger charge is -2.30. The van der Waals surface area contributed by atoms with Crippen LogP contribution in [0.25, 0.3) is 16.7 Å². The van der Waals surface area contributed by atoms with Crippen LogP contribution in [0.2, 0.25) is 0 Å². The average molecular weight is 468 g/mol. The summed E-state index contributed by atoms with van der Waals surface area (Å²) in [5, 5.41) is 11.7. The summed E-state index contributed by atoms with van der Waals surface area (Å²) in [5.41, 5.74) is 4.13. The van der Waals surface area contributed by atoms with Crippen molar-refractivity contribution in [3.63, 3.8) is 0 Å². The second-order valence-electron chi connectivity index (χ2n) is 8.30. The van der Waals surface area contributed by atoms with E-state index in [1.165, 1.54) is 31.2 Å². The molecule has 5 rings (SSSR count). The molecule has 1 aliphatic carbocycles. The van der Waals surface area contributed by atoms with E-state index in [0.29, 0.717) is 18.5 Å². The number of hydrogen-bond acceptors (Lipinski definition) is 5. The molecule has 30 heavy (non-hydrogen) atoms.